The molecule has 1 aliphatic heterocycles. The molecule has 0 atom stereocenters. The normalized spacial score (nSPS) is 12.8. The minimum Gasteiger partial charge on any atom is -0.486 e. The van der Waals surface area contributed by atoms with E-state index in [4.69, 9.17) is 14.0 Å². The Bertz CT molecular complexity index is 314. The van der Waals surface area contributed by atoms with Crippen LogP contribution in [0.5, 0.6) is 11.5 Å². The van der Waals surface area contributed by atoms with E-state index >= 15 is 0 Å². The molecule has 0 saturated heterocycles. The molecule has 4 nitrogen and oxygen atoms in total. The Morgan fingerprint density at radius 2 is 1.85 bits per heavy atom. The molecule has 1 aromatic rings. The summed E-state index contributed by atoms with van der Waals surface area (Å²) in [5.41, 5.74) is 0. The third-order valence-electron chi connectivity index (χ3n) is 1.56. The van der Waals surface area contributed by atoms with Crippen molar-refractivity contribution in [1.82, 2.24) is 0 Å². The Labute approximate surface area is 75.6 Å². The average molecular weight is 178 g/mol. The Morgan fingerprint density at radius 3 is 2.31 bits per heavy atom. The minimum absolute atomic E-state index is 0.433. The maximum Gasteiger partial charge on any atom is 0.866 e. The van der Waals surface area contributed by atoms with Gasteiger partial charge >= 0.3 is 7.32 Å². The molecule has 0 bridgehead atoms. The van der Waals surface area contributed by atoms with Gasteiger partial charge in [0.25, 0.3) is 5.97 Å². The Hall–Kier alpha value is -1.65. The SMILES string of the molecule is CC(=O)OB1Oc2ccccc2O1. The highest BCUT2D eigenvalue weighted by atomic mass is 16.8. The van der Waals surface area contributed by atoms with Crippen molar-refractivity contribution >= 4 is 13.3 Å². The summed E-state index contributed by atoms with van der Waals surface area (Å²) in [6, 6.07) is 7.13. The number of benzene rings is 1. The van der Waals surface area contributed by atoms with Gasteiger partial charge in [0.15, 0.2) is 0 Å². The molecule has 0 amide bonds. The van der Waals surface area contributed by atoms with Crippen molar-refractivity contribution in [3.63, 3.8) is 0 Å². The van der Waals surface area contributed by atoms with Crippen LogP contribution < -0.4 is 9.31 Å². The first-order valence-corrected chi connectivity index (χ1v) is 3.85. The van der Waals surface area contributed by atoms with Crippen LogP contribution >= 0.6 is 0 Å². The van der Waals surface area contributed by atoms with Crippen LogP contribution in [0.3, 0.4) is 0 Å². The van der Waals surface area contributed by atoms with Gasteiger partial charge in [-0.1, -0.05) is 12.1 Å². The van der Waals surface area contributed by atoms with Gasteiger partial charge in [-0.15, -0.1) is 0 Å². The molecule has 13 heavy (non-hydrogen) atoms. The molecule has 0 radical (unpaired) electrons. The molecule has 1 aromatic carbocycles. The number of rotatable bonds is 1. The van der Waals surface area contributed by atoms with E-state index in [2.05, 4.69) is 0 Å². The predicted octanol–water partition coefficient (Wildman–Crippen LogP) is 1.01. The summed E-state index contributed by atoms with van der Waals surface area (Å²) >= 11 is 0. The topological polar surface area (TPSA) is 44.8 Å². The summed E-state index contributed by atoms with van der Waals surface area (Å²) in [5.74, 6) is 0.750. The Balaban J connectivity index is 2.09. The van der Waals surface area contributed by atoms with Gasteiger partial charge in [-0.2, -0.15) is 0 Å². The van der Waals surface area contributed by atoms with Crippen molar-refractivity contribution in [3.8, 4) is 11.5 Å². The summed E-state index contributed by atoms with van der Waals surface area (Å²) in [4.78, 5) is 10.6. The van der Waals surface area contributed by atoms with E-state index in [9.17, 15) is 4.79 Å². The Morgan fingerprint density at radius 1 is 1.31 bits per heavy atom. The van der Waals surface area contributed by atoms with Crippen LogP contribution in [0.4, 0.5) is 0 Å². The van der Waals surface area contributed by atoms with Crippen molar-refractivity contribution in [1.29, 1.82) is 0 Å². The van der Waals surface area contributed by atoms with Crippen molar-refractivity contribution in [2.24, 2.45) is 0 Å². The van der Waals surface area contributed by atoms with Crippen LogP contribution in [0.2, 0.25) is 0 Å². The highest BCUT2D eigenvalue weighted by molar-refractivity contribution is 6.42. The van der Waals surface area contributed by atoms with Crippen LogP contribution in [0.25, 0.3) is 0 Å². The second kappa shape index (κ2) is 3.01. The molecule has 1 aliphatic rings. The summed E-state index contributed by atoms with van der Waals surface area (Å²) in [7, 11) is -0.935. The van der Waals surface area contributed by atoms with Gasteiger partial charge in [0, 0.05) is 6.92 Å². The molecule has 0 aromatic heterocycles. The number of carbonyl (C=O) groups excluding carboxylic acids is 1. The number of fused-ring (bicyclic) bond motifs is 1. The van der Waals surface area contributed by atoms with Gasteiger partial charge in [-0.25, -0.2) is 0 Å². The molecule has 0 saturated carbocycles. The highest BCUT2D eigenvalue weighted by Gasteiger charge is 2.38. The molecule has 66 valence electrons. The van der Waals surface area contributed by atoms with Gasteiger partial charge in [-0.05, 0) is 12.1 Å². The molecule has 2 rings (SSSR count). The zero-order chi connectivity index (χ0) is 9.26. The number of hydrogen-bond donors (Lipinski definition) is 0. The lowest BCUT2D eigenvalue weighted by Gasteiger charge is -2.01. The van der Waals surface area contributed by atoms with Crippen LogP contribution in [-0.2, 0) is 9.45 Å². The first-order valence-electron chi connectivity index (χ1n) is 3.85. The van der Waals surface area contributed by atoms with Gasteiger partial charge in [0.2, 0.25) is 0 Å². The summed E-state index contributed by atoms with van der Waals surface area (Å²) in [6.07, 6.45) is 0. The molecule has 1 heterocycles. The summed E-state index contributed by atoms with van der Waals surface area (Å²) in [5, 5.41) is 0. The molecule has 0 unspecified atom stereocenters. The third-order valence-corrected chi connectivity index (χ3v) is 1.56. The largest absolute Gasteiger partial charge is 0.866 e. The standard InChI is InChI=1S/C8H7BO4/c1-6(10)11-9-12-7-4-2-3-5-8(7)13-9/h2-5H,1H3. The second-order valence-electron chi connectivity index (χ2n) is 2.58. The van der Waals surface area contributed by atoms with E-state index < -0.39 is 13.3 Å². The van der Waals surface area contributed by atoms with E-state index in [0.29, 0.717) is 11.5 Å². The molecular formula is C8H7BO4. The fourth-order valence-corrected chi connectivity index (χ4v) is 1.06. The quantitative estimate of drug-likeness (QED) is 0.601. The molecule has 0 N–H and O–H groups in total. The van der Waals surface area contributed by atoms with Crippen molar-refractivity contribution in [3.05, 3.63) is 24.3 Å². The maximum absolute atomic E-state index is 10.6. The van der Waals surface area contributed by atoms with E-state index in [1.807, 2.05) is 12.1 Å². The van der Waals surface area contributed by atoms with Crippen molar-refractivity contribution < 1.29 is 18.8 Å². The number of para-hydroxylation sites is 2. The number of carbonyl (C=O) groups is 1. The minimum atomic E-state index is -0.935. The smallest absolute Gasteiger partial charge is 0.486 e. The van der Waals surface area contributed by atoms with Gasteiger partial charge in [-0.3, -0.25) is 4.79 Å². The van der Waals surface area contributed by atoms with E-state index in [1.165, 1.54) is 6.92 Å². The fraction of sp³-hybridized carbons (Fsp3) is 0.125. The molecule has 5 heteroatoms. The maximum atomic E-state index is 10.6. The van der Waals surface area contributed by atoms with E-state index in [1.54, 1.807) is 12.1 Å². The summed E-state index contributed by atoms with van der Waals surface area (Å²) < 4.78 is 15.0. The first kappa shape index (κ1) is 7.98. The lowest BCUT2D eigenvalue weighted by molar-refractivity contribution is -0.133. The van der Waals surface area contributed by atoms with Gasteiger partial charge in [0.05, 0.1) is 0 Å². The first-order chi connectivity index (χ1) is 6.25. The lowest BCUT2D eigenvalue weighted by atomic mass is 10.2. The van der Waals surface area contributed by atoms with Crippen LogP contribution in [0, 0.1) is 0 Å². The molecular weight excluding hydrogens is 171 g/mol. The molecule has 0 spiro atoms. The number of hydrogen-bond acceptors (Lipinski definition) is 4. The lowest BCUT2D eigenvalue weighted by Crippen LogP contribution is -2.30. The van der Waals surface area contributed by atoms with Crippen molar-refractivity contribution in [2.45, 2.75) is 6.92 Å². The van der Waals surface area contributed by atoms with E-state index in [-0.39, 0.29) is 0 Å². The average Bonchev–Trinajstić information content (AvgIpc) is 2.44. The summed E-state index contributed by atoms with van der Waals surface area (Å²) in [6.45, 7) is 1.30. The van der Waals surface area contributed by atoms with Gasteiger partial charge in [0.1, 0.15) is 11.5 Å². The monoisotopic (exact) mass is 178 g/mol. The van der Waals surface area contributed by atoms with Crippen LogP contribution in [0.15, 0.2) is 24.3 Å². The predicted molar refractivity (Wildman–Crippen MR) is 45.2 cm³/mol. The van der Waals surface area contributed by atoms with E-state index in [0.717, 1.165) is 0 Å². The van der Waals surface area contributed by atoms with Crippen LogP contribution in [-0.4, -0.2) is 13.3 Å². The second-order valence-corrected chi connectivity index (χ2v) is 2.58. The molecule has 0 fully saturated rings. The molecule has 0 aliphatic carbocycles. The zero-order valence-corrected chi connectivity index (χ0v) is 7.02. The van der Waals surface area contributed by atoms with Crippen LogP contribution in [0.1, 0.15) is 6.92 Å². The zero-order valence-electron chi connectivity index (χ0n) is 7.02. The van der Waals surface area contributed by atoms with Gasteiger partial charge < -0.3 is 14.0 Å². The van der Waals surface area contributed by atoms with Crippen molar-refractivity contribution in [2.75, 3.05) is 0 Å². The fourth-order valence-electron chi connectivity index (χ4n) is 1.06. The third kappa shape index (κ3) is 1.59. The highest BCUT2D eigenvalue weighted by Crippen LogP contribution is 2.32. The Kier molecular flexibility index (Phi) is 1.85.